The molecule has 1 aliphatic heterocycles. The highest BCUT2D eigenvalue weighted by Crippen LogP contribution is 2.14. The Morgan fingerprint density at radius 3 is 2.48 bits per heavy atom. The number of rotatable bonds is 4. The van der Waals surface area contributed by atoms with Gasteiger partial charge in [0.05, 0.1) is 11.4 Å². The van der Waals surface area contributed by atoms with Crippen molar-refractivity contribution in [2.24, 2.45) is 10.7 Å². The molecule has 2 rings (SSSR count). The van der Waals surface area contributed by atoms with E-state index >= 15 is 0 Å². The van der Waals surface area contributed by atoms with E-state index in [2.05, 4.69) is 21.7 Å². The van der Waals surface area contributed by atoms with Crippen LogP contribution in [0.25, 0.3) is 0 Å². The second kappa shape index (κ2) is 7.78. The van der Waals surface area contributed by atoms with E-state index in [1.807, 2.05) is 12.1 Å². The number of amidine groups is 1. The molecule has 0 aliphatic carbocycles. The topological polar surface area (TPSA) is 94.7 Å². The minimum atomic E-state index is 0.233. The SMILES string of the molecule is CCN1CCN(C(C=C(N)C(=N)c2ccccc2N)=NC)CC1. The minimum Gasteiger partial charge on any atom is -0.398 e. The summed E-state index contributed by atoms with van der Waals surface area (Å²) in [6.07, 6.45) is 1.77. The van der Waals surface area contributed by atoms with Gasteiger partial charge < -0.3 is 21.3 Å². The molecule has 6 heteroatoms. The summed E-state index contributed by atoms with van der Waals surface area (Å²) in [5.74, 6) is 0.817. The lowest BCUT2D eigenvalue weighted by Gasteiger charge is -2.35. The number of aliphatic imine (C=N–C) groups is 1. The van der Waals surface area contributed by atoms with Gasteiger partial charge in [-0.15, -0.1) is 0 Å². The molecule has 0 spiro atoms. The van der Waals surface area contributed by atoms with Crippen molar-refractivity contribution >= 4 is 17.2 Å². The van der Waals surface area contributed by atoms with Crippen LogP contribution in [0.3, 0.4) is 0 Å². The second-order valence-corrected chi connectivity index (χ2v) is 5.57. The lowest BCUT2D eigenvalue weighted by Crippen LogP contribution is -2.48. The monoisotopic (exact) mass is 314 g/mol. The molecule has 0 saturated carbocycles. The van der Waals surface area contributed by atoms with Crippen LogP contribution in [0, 0.1) is 5.41 Å². The molecule has 1 heterocycles. The number of nitrogens with zero attached hydrogens (tertiary/aromatic N) is 3. The molecule has 1 fully saturated rings. The number of allylic oxidation sites excluding steroid dienone is 1. The summed E-state index contributed by atoms with van der Waals surface area (Å²) < 4.78 is 0. The highest BCUT2D eigenvalue weighted by Gasteiger charge is 2.18. The van der Waals surface area contributed by atoms with Gasteiger partial charge in [-0.3, -0.25) is 10.4 Å². The second-order valence-electron chi connectivity index (χ2n) is 5.57. The van der Waals surface area contributed by atoms with Crippen LogP contribution in [0.5, 0.6) is 0 Å². The lowest BCUT2D eigenvalue weighted by molar-refractivity contribution is 0.190. The van der Waals surface area contributed by atoms with E-state index in [-0.39, 0.29) is 5.71 Å². The molecule has 23 heavy (non-hydrogen) atoms. The van der Waals surface area contributed by atoms with Crippen LogP contribution in [-0.2, 0) is 0 Å². The van der Waals surface area contributed by atoms with Gasteiger partial charge in [-0.2, -0.15) is 0 Å². The Morgan fingerprint density at radius 1 is 1.26 bits per heavy atom. The zero-order valence-electron chi connectivity index (χ0n) is 13.9. The van der Waals surface area contributed by atoms with Gasteiger partial charge in [0.1, 0.15) is 5.84 Å². The highest BCUT2D eigenvalue weighted by atomic mass is 15.3. The third-order valence-corrected chi connectivity index (χ3v) is 4.18. The predicted molar refractivity (Wildman–Crippen MR) is 97.0 cm³/mol. The van der Waals surface area contributed by atoms with Crippen molar-refractivity contribution in [3.05, 3.63) is 41.6 Å². The van der Waals surface area contributed by atoms with Crippen LogP contribution < -0.4 is 11.5 Å². The molecule has 1 aromatic rings. The number of nitrogens with two attached hydrogens (primary N) is 2. The van der Waals surface area contributed by atoms with Crippen molar-refractivity contribution in [3.8, 4) is 0 Å². The first-order chi connectivity index (χ1) is 11.1. The molecule has 124 valence electrons. The summed E-state index contributed by atoms with van der Waals surface area (Å²) >= 11 is 0. The first-order valence-corrected chi connectivity index (χ1v) is 7.91. The summed E-state index contributed by atoms with van der Waals surface area (Å²) in [6.45, 7) is 7.13. The van der Waals surface area contributed by atoms with E-state index in [1.54, 1.807) is 25.3 Å². The van der Waals surface area contributed by atoms with Crippen LogP contribution >= 0.6 is 0 Å². The van der Waals surface area contributed by atoms with Gasteiger partial charge in [0, 0.05) is 50.6 Å². The number of piperazine rings is 1. The van der Waals surface area contributed by atoms with Crippen molar-refractivity contribution in [1.82, 2.24) is 9.80 Å². The number of nitrogen functional groups attached to an aromatic ring is 1. The molecule has 0 unspecified atom stereocenters. The number of hydrogen-bond acceptors (Lipinski definition) is 5. The number of likely N-dealkylation sites (N-methyl/N-ethyl adjacent to an activating group) is 1. The van der Waals surface area contributed by atoms with Gasteiger partial charge in [0.25, 0.3) is 0 Å². The zero-order valence-corrected chi connectivity index (χ0v) is 13.9. The van der Waals surface area contributed by atoms with Gasteiger partial charge in [-0.25, -0.2) is 0 Å². The van der Waals surface area contributed by atoms with E-state index in [0.29, 0.717) is 16.9 Å². The summed E-state index contributed by atoms with van der Waals surface area (Å²) in [4.78, 5) is 8.96. The third kappa shape index (κ3) is 4.10. The largest absolute Gasteiger partial charge is 0.398 e. The van der Waals surface area contributed by atoms with E-state index in [4.69, 9.17) is 16.9 Å². The third-order valence-electron chi connectivity index (χ3n) is 4.18. The Morgan fingerprint density at radius 2 is 1.91 bits per heavy atom. The van der Waals surface area contributed by atoms with Gasteiger partial charge in [-0.1, -0.05) is 25.1 Å². The fourth-order valence-electron chi connectivity index (χ4n) is 2.68. The summed E-state index contributed by atoms with van der Waals surface area (Å²) in [6, 6.07) is 7.28. The van der Waals surface area contributed by atoms with Gasteiger partial charge in [0.2, 0.25) is 0 Å². The Balaban J connectivity index is 2.12. The van der Waals surface area contributed by atoms with Crippen LogP contribution in [0.2, 0.25) is 0 Å². The number of para-hydroxylation sites is 1. The molecule has 6 nitrogen and oxygen atoms in total. The molecule has 0 aromatic heterocycles. The average Bonchev–Trinajstić information content (AvgIpc) is 2.59. The van der Waals surface area contributed by atoms with Gasteiger partial charge in [0.15, 0.2) is 0 Å². The smallest absolute Gasteiger partial charge is 0.125 e. The highest BCUT2D eigenvalue weighted by molar-refractivity contribution is 6.15. The number of benzene rings is 1. The fourth-order valence-corrected chi connectivity index (χ4v) is 2.68. The molecule has 0 amide bonds. The molecule has 1 aliphatic rings. The molecular weight excluding hydrogens is 288 g/mol. The lowest BCUT2D eigenvalue weighted by atomic mass is 10.1. The Labute approximate surface area is 138 Å². The van der Waals surface area contributed by atoms with Gasteiger partial charge in [-0.05, 0) is 12.6 Å². The number of hydrogen-bond donors (Lipinski definition) is 3. The molecule has 0 radical (unpaired) electrons. The van der Waals surface area contributed by atoms with Crippen molar-refractivity contribution in [1.29, 1.82) is 5.41 Å². The first kappa shape index (κ1) is 17.0. The maximum absolute atomic E-state index is 8.27. The maximum atomic E-state index is 8.27. The van der Waals surface area contributed by atoms with Crippen molar-refractivity contribution in [2.45, 2.75) is 6.92 Å². The van der Waals surface area contributed by atoms with Crippen LogP contribution in [0.15, 0.2) is 41.0 Å². The fraction of sp³-hybridized carbons (Fsp3) is 0.412. The average molecular weight is 314 g/mol. The predicted octanol–water partition coefficient (Wildman–Crippen LogP) is 1.15. The summed E-state index contributed by atoms with van der Waals surface area (Å²) in [7, 11) is 1.76. The van der Waals surface area contributed by atoms with Crippen molar-refractivity contribution in [2.75, 3.05) is 45.5 Å². The standard InChI is InChI=1S/C17H26N6/c1-3-22-8-10-23(11-9-22)16(21-2)12-15(19)17(20)13-6-4-5-7-14(13)18/h4-7,12,20H,3,8-11,18-19H2,1-2H3. The zero-order chi connectivity index (χ0) is 16.8. The molecule has 0 bridgehead atoms. The normalized spacial score (nSPS) is 17.4. The maximum Gasteiger partial charge on any atom is 0.125 e. The Hall–Kier alpha value is -2.34. The quantitative estimate of drug-likeness (QED) is 0.441. The Bertz CT molecular complexity index is 611. The first-order valence-electron chi connectivity index (χ1n) is 7.91. The van der Waals surface area contributed by atoms with Crippen molar-refractivity contribution < 1.29 is 0 Å². The summed E-state index contributed by atoms with van der Waals surface area (Å²) in [5.41, 5.74) is 13.9. The summed E-state index contributed by atoms with van der Waals surface area (Å²) in [5, 5.41) is 8.27. The van der Waals surface area contributed by atoms with Gasteiger partial charge >= 0.3 is 0 Å². The minimum absolute atomic E-state index is 0.233. The number of anilines is 1. The van der Waals surface area contributed by atoms with Crippen LogP contribution in [0.1, 0.15) is 12.5 Å². The van der Waals surface area contributed by atoms with E-state index < -0.39 is 0 Å². The molecule has 5 N–H and O–H groups in total. The number of nitrogens with one attached hydrogen (secondary N) is 1. The van der Waals surface area contributed by atoms with E-state index in [9.17, 15) is 0 Å². The molecule has 1 aromatic carbocycles. The van der Waals surface area contributed by atoms with E-state index in [1.165, 1.54) is 0 Å². The van der Waals surface area contributed by atoms with E-state index in [0.717, 1.165) is 38.6 Å². The molecule has 1 saturated heterocycles. The van der Waals surface area contributed by atoms with Crippen molar-refractivity contribution in [3.63, 3.8) is 0 Å². The Kier molecular flexibility index (Phi) is 5.76. The van der Waals surface area contributed by atoms with Crippen LogP contribution in [0.4, 0.5) is 5.69 Å². The van der Waals surface area contributed by atoms with Crippen LogP contribution in [-0.4, -0.2) is 61.1 Å². The molecular formula is C17H26N6. The molecule has 0 atom stereocenters.